The largest absolute Gasteiger partial charge is 0.387 e. The first kappa shape index (κ1) is 11.7. The molecule has 3 rings (SSSR count). The van der Waals surface area contributed by atoms with Crippen molar-refractivity contribution in [2.75, 3.05) is 6.61 Å². The molecule has 0 aromatic carbocycles. The van der Waals surface area contributed by atoms with E-state index in [0.717, 1.165) is 12.3 Å². The van der Waals surface area contributed by atoms with Crippen LogP contribution in [0.25, 0.3) is 0 Å². The van der Waals surface area contributed by atoms with Crippen LogP contribution in [0.1, 0.15) is 46.5 Å². The first-order valence-corrected chi connectivity index (χ1v) is 6.99. The molecule has 1 saturated carbocycles. The molecule has 2 heteroatoms. The second kappa shape index (κ2) is 3.58. The number of aliphatic hydroxyl groups is 1. The second-order valence-corrected chi connectivity index (χ2v) is 6.85. The van der Waals surface area contributed by atoms with Gasteiger partial charge in [0.15, 0.2) is 0 Å². The van der Waals surface area contributed by atoms with Gasteiger partial charge in [0.05, 0.1) is 18.3 Å². The fourth-order valence-corrected chi connectivity index (χ4v) is 4.12. The zero-order valence-corrected chi connectivity index (χ0v) is 11.2. The summed E-state index contributed by atoms with van der Waals surface area (Å²) in [6.07, 6.45) is 7.47. The molecule has 0 aromatic rings. The molecule has 0 spiro atoms. The smallest absolute Gasteiger partial charge is 0.0908 e. The van der Waals surface area contributed by atoms with E-state index in [1.165, 1.54) is 19.3 Å². The second-order valence-electron chi connectivity index (χ2n) is 6.85. The van der Waals surface area contributed by atoms with Crippen LogP contribution in [0.15, 0.2) is 11.6 Å². The zero-order chi connectivity index (χ0) is 12.3. The van der Waals surface area contributed by atoms with Crippen LogP contribution in [0.2, 0.25) is 0 Å². The third kappa shape index (κ3) is 1.61. The van der Waals surface area contributed by atoms with Crippen LogP contribution in [0, 0.1) is 17.3 Å². The van der Waals surface area contributed by atoms with Gasteiger partial charge < -0.3 is 9.84 Å². The van der Waals surface area contributed by atoms with Crippen LogP contribution < -0.4 is 0 Å². The zero-order valence-electron chi connectivity index (χ0n) is 11.2. The van der Waals surface area contributed by atoms with Crippen LogP contribution in [-0.4, -0.2) is 23.4 Å². The van der Waals surface area contributed by atoms with E-state index >= 15 is 0 Å². The highest BCUT2D eigenvalue weighted by Crippen LogP contribution is 2.55. The molecule has 3 aliphatic rings. The normalized spacial score (nSPS) is 53.9. The molecule has 2 aliphatic carbocycles. The van der Waals surface area contributed by atoms with Gasteiger partial charge in [0.2, 0.25) is 0 Å². The van der Waals surface area contributed by atoms with Crippen LogP contribution in [0.4, 0.5) is 0 Å². The first-order chi connectivity index (χ1) is 7.93. The highest BCUT2D eigenvalue weighted by atomic mass is 16.5. The van der Waals surface area contributed by atoms with E-state index in [9.17, 15) is 5.11 Å². The number of rotatable bonds is 0. The summed E-state index contributed by atoms with van der Waals surface area (Å²) < 4.78 is 5.77. The summed E-state index contributed by atoms with van der Waals surface area (Å²) in [5.74, 6) is 1.02. The molecule has 5 atom stereocenters. The Balaban J connectivity index is 1.97. The molecule has 5 unspecified atom stereocenters. The quantitative estimate of drug-likeness (QED) is 0.655. The summed E-state index contributed by atoms with van der Waals surface area (Å²) in [6, 6.07) is 0. The van der Waals surface area contributed by atoms with Crippen molar-refractivity contribution in [3.05, 3.63) is 11.6 Å². The molecule has 0 aromatic heterocycles. The number of ether oxygens (including phenoxy) is 1. The Hall–Kier alpha value is -0.340. The van der Waals surface area contributed by atoms with Gasteiger partial charge in [-0.1, -0.05) is 25.5 Å². The maximum atomic E-state index is 10.4. The summed E-state index contributed by atoms with van der Waals surface area (Å²) in [7, 11) is 0. The summed E-state index contributed by atoms with van der Waals surface area (Å²) >= 11 is 0. The molecule has 0 bridgehead atoms. The lowest BCUT2D eigenvalue weighted by Crippen LogP contribution is -2.45. The number of hydrogen-bond acceptors (Lipinski definition) is 2. The number of fused-ring (bicyclic) bond motifs is 2. The Bertz CT molecular complexity index is 358. The van der Waals surface area contributed by atoms with E-state index in [1.54, 1.807) is 5.57 Å². The summed E-state index contributed by atoms with van der Waals surface area (Å²) in [5, 5.41) is 10.4. The maximum Gasteiger partial charge on any atom is 0.0908 e. The van der Waals surface area contributed by atoms with Crippen LogP contribution in [-0.2, 0) is 4.74 Å². The Morgan fingerprint density at radius 2 is 2.18 bits per heavy atom. The minimum absolute atomic E-state index is 0.165. The molecular formula is C15H24O2. The van der Waals surface area contributed by atoms with E-state index in [1.807, 2.05) is 6.92 Å². The molecule has 17 heavy (non-hydrogen) atoms. The molecule has 1 saturated heterocycles. The Kier molecular flexibility index (Phi) is 2.47. The Morgan fingerprint density at radius 1 is 1.41 bits per heavy atom. The minimum atomic E-state index is -0.632. The molecule has 2 fully saturated rings. The van der Waals surface area contributed by atoms with Gasteiger partial charge in [-0.25, -0.2) is 0 Å². The van der Waals surface area contributed by atoms with Crippen molar-refractivity contribution in [2.24, 2.45) is 17.3 Å². The Morgan fingerprint density at radius 3 is 2.94 bits per heavy atom. The van der Waals surface area contributed by atoms with Gasteiger partial charge in [-0.3, -0.25) is 0 Å². The van der Waals surface area contributed by atoms with E-state index < -0.39 is 5.60 Å². The summed E-state index contributed by atoms with van der Waals surface area (Å²) in [6.45, 7) is 7.20. The van der Waals surface area contributed by atoms with Gasteiger partial charge in [-0.2, -0.15) is 0 Å². The average molecular weight is 236 g/mol. The number of allylic oxidation sites excluding steroid dienone is 1. The predicted molar refractivity (Wildman–Crippen MR) is 67.7 cm³/mol. The van der Waals surface area contributed by atoms with Crippen molar-refractivity contribution in [1.82, 2.24) is 0 Å². The van der Waals surface area contributed by atoms with Crippen molar-refractivity contribution in [3.8, 4) is 0 Å². The SMILES string of the molecule is CC1CCCC2=CC3OCC(C)(O)C3CC21C. The fourth-order valence-electron chi connectivity index (χ4n) is 4.12. The standard InChI is InChI=1S/C15H24O2/c1-10-5-4-6-11-7-13-12(8-14(10,11)2)15(3,16)9-17-13/h7,10,12-13,16H,4-6,8-9H2,1-3H3. The third-order valence-electron chi connectivity index (χ3n) is 5.68. The molecule has 1 heterocycles. The fraction of sp³-hybridized carbons (Fsp3) is 0.867. The average Bonchev–Trinajstić information content (AvgIpc) is 2.54. The van der Waals surface area contributed by atoms with Gasteiger partial charge in [0.25, 0.3) is 0 Å². The molecule has 1 N–H and O–H groups in total. The van der Waals surface area contributed by atoms with Crippen molar-refractivity contribution in [2.45, 2.75) is 58.2 Å². The number of hydrogen-bond donors (Lipinski definition) is 1. The molecule has 0 radical (unpaired) electrons. The van der Waals surface area contributed by atoms with Gasteiger partial charge in [-0.05, 0) is 43.9 Å². The van der Waals surface area contributed by atoms with Crippen LogP contribution in [0.3, 0.4) is 0 Å². The topological polar surface area (TPSA) is 29.5 Å². The van der Waals surface area contributed by atoms with Crippen molar-refractivity contribution < 1.29 is 9.84 Å². The lowest BCUT2D eigenvalue weighted by Gasteiger charge is -2.49. The van der Waals surface area contributed by atoms with Crippen molar-refractivity contribution in [1.29, 1.82) is 0 Å². The highest BCUT2D eigenvalue weighted by Gasteiger charge is 2.53. The van der Waals surface area contributed by atoms with Crippen molar-refractivity contribution in [3.63, 3.8) is 0 Å². The Labute approximate surface area is 104 Å². The van der Waals surface area contributed by atoms with E-state index in [2.05, 4.69) is 19.9 Å². The summed E-state index contributed by atoms with van der Waals surface area (Å²) in [5.41, 5.74) is 1.26. The summed E-state index contributed by atoms with van der Waals surface area (Å²) in [4.78, 5) is 0. The van der Waals surface area contributed by atoms with Crippen LogP contribution in [0.5, 0.6) is 0 Å². The molecule has 96 valence electrons. The lowest BCUT2D eigenvalue weighted by atomic mass is 9.57. The van der Waals surface area contributed by atoms with E-state index in [-0.39, 0.29) is 12.0 Å². The predicted octanol–water partition coefficient (Wildman–Crippen LogP) is 2.91. The highest BCUT2D eigenvalue weighted by molar-refractivity contribution is 5.26. The van der Waals surface area contributed by atoms with Gasteiger partial charge in [0, 0.05) is 5.92 Å². The van der Waals surface area contributed by atoms with Gasteiger partial charge in [0.1, 0.15) is 0 Å². The maximum absolute atomic E-state index is 10.4. The van der Waals surface area contributed by atoms with Crippen molar-refractivity contribution >= 4 is 0 Å². The molecule has 1 aliphatic heterocycles. The lowest BCUT2D eigenvalue weighted by molar-refractivity contribution is -0.00259. The van der Waals surface area contributed by atoms with E-state index in [4.69, 9.17) is 4.74 Å². The van der Waals surface area contributed by atoms with E-state index in [0.29, 0.717) is 12.0 Å². The van der Waals surface area contributed by atoms with Gasteiger partial charge >= 0.3 is 0 Å². The third-order valence-corrected chi connectivity index (χ3v) is 5.68. The molecule has 2 nitrogen and oxygen atoms in total. The van der Waals surface area contributed by atoms with Gasteiger partial charge in [-0.15, -0.1) is 0 Å². The minimum Gasteiger partial charge on any atom is -0.387 e. The van der Waals surface area contributed by atoms with Crippen LogP contribution >= 0.6 is 0 Å². The molecular weight excluding hydrogens is 212 g/mol. The first-order valence-electron chi connectivity index (χ1n) is 6.99. The molecule has 0 amide bonds. The monoisotopic (exact) mass is 236 g/mol.